The lowest BCUT2D eigenvalue weighted by Gasteiger charge is -2.38. The van der Waals surface area contributed by atoms with E-state index in [0.29, 0.717) is 17.2 Å². The van der Waals surface area contributed by atoms with Crippen molar-refractivity contribution in [2.45, 2.75) is 12.8 Å². The van der Waals surface area contributed by atoms with Crippen LogP contribution in [0.2, 0.25) is 0 Å². The van der Waals surface area contributed by atoms with E-state index in [0.717, 1.165) is 33.0 Å². The number of rotatable bonds is 3. The predicted octanol–water partition coefficient (Wildman–Crippen LogP) is 5.68. The first-order valence-electron chi connectivity index (χ1n) is 13.0. The molecule has 4 aromatic rings. The third-order valence-corrected chi connectivity index (χ3v) is 8.34. The summed E-state index contributed by atoms with van der Waals surface area (Å²) in [4.78, 5) is 43.2. The van der Waals surface area contributed by atoms with E-state index in [2.05, 4.69) is 0 Å². The van der Waals surface area contributed by atoms with E-state index in [-0.39, 0.29) is 11.8 Å². The van der Waals surface area contributed by atoms with Gasteiger partial charge in [-0.25, -0.2) is 4.90 Å². The lowest BCUT2D eigenvalue weighted by Crippen LogP contribution is -2.42. The van der Waals surface area contributed by atoms with Crippen molar-refractivity contribution in [3.05, 3.63) is 108 Å². The Morgan fingerprint density at radius 3 is 2.28 bits per heavy atom. The van der Waals surface area contributed by atoms with Gasteiger partial charge in [0.1, 0.15) is 11.5 Å². The Morgan fingerprint density at radius 2 is 1.51 bits per heavy atom. The van der Waals surface area contributed by atoms with Gasteiger partial charge in [0.2, 0.25) is 11.8 Å². The molecule has 0 radical (unpaired) electrons. The molecule has 4 aromatic carbocycles. The molecule has 0 N–H and O–H groups in total. The van der Waals surface area contributed by atoms with Gasteiger partial charge in [0.25, 0.3) is 0 Å². The first-order valence-corrected chi connectivity index (χ1v) is 13.0. The smallest absolute Gasteiger partial charge is 0.319 e. The minimum atomic E-state index is -0.885. The summed E-state index contributed by atoms with van der Waals surface area (Å²) < 4.78 is 11.2. The number of anilines is 1. The van der Waals surface area contributed by atoms with Crippen molar-refractivity contribution in [1.29, 1.82) is 0 Å². The summed E-state index contributed by atoms with van der Waals surface area (Å²) in [7, 11) is 1.60. The molecule has 1 aliphatic carbocycles. The fourth-order valence-corrected chi connectivity index (χ4v) is 6.54. The number of fused-ring (bicyclic) bond motifs is 7. The molecule has 6 heteroatoms. The van der Waals surface area contributed by atoms with Crippen LogP contribution in [0.15, 0.2) is 91.0 Å². The number of hydrogen-bond donors (Lipinski definition) is 0. The van der Waals surface area contributed by atoms with E-state index >= 15 is 0 Å². The highest BCUT2D eigenvalue weighted by Gasteiger charge is 2.60. The highest BCUT2D eigenvalue weighted by atomic mass is 16.5. The van der Waals surface area contributed by atoms with Crippen molar-refractivity contribution in [2.24, 2.45) is 17.8 Å². The molecule has 1 fully saturated rings. The molecule has 0 aromatic heterocycles. The van der Waals surface area contributed by atoms with Crippen LogP contribution in [-0.4, -0.2) is 24.9 Å². The maximum Gasteiger partial charge on any atom is 0.319 e. The van der Waals surface area contributed by atoms with Gasteiger partial charge < -0.3 is 9.47 Å². The van der Waals surface area contributed by atoms with Crippen molar-refractivity contribution in [3.8, 4) is 11.5 Å². The number of methoxy groups -OCH3 is 1. The minimum absolute atomic E-state index is 0.299. The van der Waals surface area contributed by atoms with Gasteiger partial charge in [0.05, 0.1) is 30.6 Å². The van der Waals surface area contributed by atoms with Gasteiger partial charge in [-0.15, -0.1) is 0 Å². The molecule has 4 atom stereocenters. The van der Waals surface area contributed by atoms with Crippen molar-refractivity contribution in [1.82, 2.24) is 0 Å². The van der Waals surface area contributed by atoms with Crippen molar-refractivity contribution in [2.75, 3.05) is 12.0 Å². The van der Waals surface area contributed by atoms with Crippen LogP contribution in [0.5, 0.6) is 11.5 Å². The summed E-state index contributed by atoms with van der Waals surface area (Å²) in [5.41, 5.74) is 3.80. The fraction of sp³-hybridized carbons (Fsp3) is 0.182. The average Bonchev–Trinajstić information content (AvgIpc) is 3.22. The van der Waals surface area contributed by atoms with Crippen LogP contribution in [0, 0.1) is 24.7 Å². The quantitative estimate of drug-likeness (QED) is 0.199. The monoisotopic (exact) mass is 515 g/mol. The van der Waals surface area contributed by atoms with Gasteiger partial charge in [-0.05, 0) is 58.7 Å². The molecule has 2 amide bonds. The maximum atomic E-state index is 14.2. The number of carbonyl (C=O) groups excluding carboxylic acids is 3. The number of para-hydroxylation sites is 1. The third-order valence-electron chi connectivity index (χ3n) is 8.34. The number of ether oxygens (including phenoxy) is 2. The highest BCUT2D eigenvalue weighted by Crippen LogP contribution is 2.56. The number of aryl methyl sites for hydroxylation is 1. The lowest BCUT2D eigenvalue weighted by molar-refractivity contribution is -0.142. The number of amides is 2. The molecule has 7 rings (SSSR count). The Hall–Kier alpha value is -4.71. The van der Waals surface area contributed by atoms with Gasteiger partial charge in [0, 0.05) is 11.5 Å². The Kier molecular flexibility index (Phi) is 5.20. The molecular weight excluding hydrogens is 490 g/mol. The van der Waals surface area contributed by atoms with Gasteiger partial charge in [-0.2, -0.15) is 0 Å². The molecule has 0 saturated carbocycles. The second-order valence-electron chi connectivity index (χ2n) is 10.3. The van der Waals surface area contributed by atoms with Crippen LogP contribution >= 0.6 is 0 Å². The molecule has 0 bridgehead atoms. The zero-order valence-electron chi connectivity index (χ0n) is 21.5. The van der Waals surface area contributed by atoms with E-state index in [9.17, 15) is 14.4 Å². The topological polar surface area (TPSA) is 72.9 Å². The molecule has 6 nitrogen and oxygen atoms in total. The second-order valence-corrected chi connectivity index (χ2v) is 10.3. The number of hydrogen-bond acceptors (Lipinski definition) is 5. The Labute approximate surface area is 225 Å². The minimum Gasteiger partial charge on any atom is -0.497 e. The summed E-state index contributed by atoms with van der Waals surface area (Å²) in [5.74, 6) is -2.93. The molecule has 39 heavy (non-hydrogen) atoms. The van der Waals surface area contributed by atoms with Gasteiger partial charge in [0.15, 0.2) is 0 Å². The van der Waals surface area contributed by atoms with E-state index < -0.39 is 29.6 Å². The molecule has 0 spiro atoms. The Balaban J connectivity index is 1.47. The molecule has 2 heterocycles. The first-order chi connectivity index (χ1) is 19.0. The summed E-state index contributed by atoms with van der Waals surface area (Å²) >= 11 is 0. The average molecular weight is 516 g/mol. The SMILES string of the molecule is COc1ccc([C@@H]2C=C3c4c(ccc5ccccc45)OC(=O)[C@@H]3[C@@H]3C(=O)N(c4ccccc4C)C(=O)[C@H]32)cc1. The van der Waals surface area contributed by atoms with Crippen LogP contribution in [0.3, 0.4) is 0 Å². The zero-order valence-corrected chi connectivity index (χ0v) is 21.5. The highest BCUT2D eigenvalue weighted by molar-refractivity contribution is 6.25. The predicted molar refractivity (Wildman–Crippen MR) is 147 cm³/mol. The van der Waals surface area contributed by atoms with Crippen molar-refractivity contribution in [3.63, 3.8) is 0 Å². The van der Waals surface area contributed by atoms with Gasteiger partial charge in [-0.3, -0.25) is 14.4 Å². The molecule has 192 valence electrons. The Bertz CT molecular complexity index is 1720. The largest absolute Gasteiger partial charge is 0.497 e. The summed E-state index contributed by atoms with van der Waals surface area (Å²) in [5, 5.41) is 1.95. The molecule has 0 unspecified atom stereocenters. The lowest BCUT2D eigenvalue weighted by atomic mass is 9.64. The van der Waals surface area contributed by atoms with Crippen LogP contribution < -0.4 is 14.4 Å². The third kappa shape index (κ3) is 3.37. The Morgan fingerprint density at radius 1 is 0.795 bits per heavy atom. The number of imide groups is 1. The molecule has 1 saturated heterocycles. The summed E-state index contributed by atoms with van der Waals surface area (Å²) in [6.07, 6.45) is 2.02. The fourth-order valence-electron chi connectivity index (χ4n) is 6.54. The summed E-state index contributed by atoms with van der Waals surface area (Å²) in [6, 6.07) is 26.6. The van der Waals surface area contributed by atoms with Crippen LogP contribution in [0.4, 0.5) is 5.69 Å². The normalized spacial score (nSPS) is 23.6. The number of nitrogens with zero attached hydrogens (tertiary/aromatic N) is 1. The van der Waals surface area contributed by atoms with Gasteiger partial charge in [-0.1, -0.05) is 66.7 Å². The van der Waals surface area contributed by atoms with Crippen LogP contribution in [0.25, 0.3) is 16.3 Å². The van der Waals surface area contributed by atoms with E-state index in [4.69, 9.17) is 9.47 Å². The molecule has 2 aliphatic heterocycles. The number of carbonyl (C=O) groups is 3. The molecular formula is C33H25NO5. The van der Waals surface area contributed by atoms with Crippen molar-refractivity contribution < 1.29 is 23.9 Å². The number of allylic oxidation sites excluding steroid dienone is 1. The second kappa shape index (κ2) is 8.67. The maximum absolute atomic E-state index is 14.2. The van der Waals surface area contributed by atoms with E-state index in [1.807, 2.05) is 91.9 Å². The number of esters is 1. The number of benzene rings is 4. The van der Waals surface area contributed by atoms with Crippen LogP contribution in [0.1, 0.15) is 22.6 Å². The first kappa shape index (κ1) is 23.4. The van der Waals surface area contributed by atoms with Gasteiger partial charge >= 0.3 is 5.97 Å². The van der Waals surface area contributed by atoms with E-state index in [1.165, 1.54) is 4.90 Å². The standard InChI is InChI=1S/C33H25NO5/c1-18-7-3-6-10-25(18)34-31(35)28-23(20-11-14-21(38-2)15-12-20)17-24-27-22-9-5-4-8-19(22)13-16-26(27)39-33(37)29(24)30(28)32(34)36/h3-17,23,28-30H,1-2H3/t23-,28-,29-,30+/m0/s1. The molecule has 3 aliphatic rings. The van der Waals surface area contributed by atoms with Crippen LogP contribution in [-0.2, 0) is 14.4 Å². The zero-order chi connectivity index (χ0) is 26.8. The van der Waals surface area contributed by atoms with E-state index in [1.54, 1.807) is 13.2 Å². The van der Waals surface area contributed by atoms with Crippen molar-refractivity contribution >= 4 is 39.8 Å². The summed E-state index contributed by atoms with van der Waals surface area (Å²) in [6.45, 7) is 1.87.